The third-order valence-electron chi connectivity index (χ3n) is 4.07. The highest BCUT2D eigenvalue weighted by Gasteiger charge is 2.25. The van der Waals surface area contributed by atoms with Gasteiger partial charge in [0.25, 0.3) is 0 Å². The molecule has 3 rings (SSSR count). The lowest BCUT2D eigenvalue weighted by atomic mass is 10.2. The predicted octanol–water partition coefficient (Wildman–Crippen LogP) is 2.17. The van der Waals surface area contributed by atoms with E-state index < -0.39 is 11.6 Å². The summed E-state index contributed by atoms with van der Waals surface area (Å²) in [5, 5.41) is 0. The van der Waals surface area contributed by atoms with Crippen LogP contribution in [0.25, 0.3) is 0 Å². The Morgan fingerprint density at radius 2 is 1.96 bits per heavy atom. The van der Waals surface area contributed by atoms with Crippen molar-refractivity contribution in [1.29, 1.82) is 0 Å². The fourth-order valence-electron chi connectivity index (χ4n) is 2.68. The van der Waals surface area contributed by atoms with Crippen molar-refractivity contribution < 1.29 is 13.6 Å². The maximum Gasteiger partial charge on any atom is 0.242 e. The highest BCUT2D eigenvalue weighted by atomic mass is 19.2. The topological polar surface area (TPSA) is 49.3 Å². The smallest absolute Gasteiger partial charge is 0.242 e. The number of aromatic nitrogens is 2. The van der Waals surface area contributed by atoms with Crippen molar-refractivity contribution in [2.75, 3.05) is 24.5 Å². The van der Waals surface area contributed by atoms with Crippen LogP contribution >= 0.6 is 0 Å². The van der Waals surface area contributed by atoms with E-state index in [1.54, 1.807) is 4.90 Å². The molecular formula is C17H18F2N4O. The molecule has 1 aromatic carbocycles. The van der Waals surface area contributed by atoms with Crippen LogP contribution in [-0.4, -0.2) is 40.4 Å². The van der Waals surface area contributed by atoms with E-state index in [1.807, 2.05) is 17.9 Å². The molecule has 0 saturated carbocycles. The molecule has 1 fully saturated rings. The van der Waals surface area contributed by atoms with Gasteiger partial charge >= 0.3 is 0 Å². The first-order valence-electron chi connectivity index (χ1n) is 7.84. The molecule has 2 heterocycles. The van der Waals surface area contributed by atoms with Crippen molar-refractivity contribution >= 4 is 11.7 Å². The first-order chi connectivity index (χ1) is 11.6. The number of rotatable bonds is 4. The Morgan fingerprint density at radius 1 is 1.12 bits per heavy atom. The first kappa shape index (κ1) is 16.3. The van der Waals surface area contributed by atoms with Crippen molar-refractivity contribution in [2.45, 2.75) is 19.9 Å². The van der Waals surface area contributed by atoms with Gasteiger partial charge in [-0.05, 0) is 24.1 Å². The zero-order valence-corrected chi connectivity index (χ0v) is 13.4. The predicted molar refractivity (Wildman–Crippen MR) is 85.4 cm³/mol. The molecule has 0 unspecified atom stereocenters. The van der Waals surface area contributed by atoms with Gasteiger partial charge in [-0.25, -0.2) is 18.7 Å². The number of carbonyl (C=O) groups is 1. The molecule has 0 aliphatic carbocycles. The number of hydrogen-bond donors (Lipinski definition) is 0. The lowest BCUT2D eigenvalue weighted by Crippen LogP contribution is -2.50. The molecule has 0 bridgehead atoms. The van der Waals surface area contributed by atoms with E-state index in [9.17, 15) is 13.6 Å². The largest absolute Gasteiger partial charge is 0.345 e. The fourth-order valence-corrected chi connectivity index (χ4v) is 2.68. The second-order valence-corrected chi connectivity index (χ2v) is 5.71. The van der Waals surface area contributed by atoms with Gasteiger partial charge in [0.1, 0.15) is 12.1 Å². The van der Waals surface area contributed by atoms with Crippen molar-refractivity contribution in [2.24, 2.45) is 0 Å². The Bertz CT molecular complexity index is 753. The molecule has 0 spiro atoms. The highest BCUT2D eigenvalue weighted by molar-refractivity contribution is 5.82. The number of hydrogen-bond acceptors (Lipinski definition) is 4. The summed E-state index contributed by atoms with van der Waals surface area (Å²) in [6, 6.07) is 5.60. The van der Waals surface area contributed by atoms with Gasteiger partial charge in [-0.15, -0.1) is 0 Å². The zero-order valence-electron chi connectivity index (χ0n) is 13.4. The Labute approximate surface area is 138 Å². The SMILES string of the molecule is CCc1cc(N2CCN(Cc3ccc(F)c(F)c3)C(=O)C2)ncn1. The molecule has 1 aliphatic rings. The maximum absolute atomic E-state index is 13.3. The van der Waals surface area contributed by atoms with Crippen LogP contribution in [0.5, 0.6) is 0 Å². The van der Waals surface area contributed by atoms with Gasteiger partial charge in [-0.3, -0.25) is 4.79 Å². The molecule has 1 aromatic heterocycles. The monoisotopic (exact) mass is 332 g/mol. The van der Waals surface area contributed by atoms with Gasteiger partial charge < -0.3 is 9.80 Å². The minimum Gasteiger partial charge on any atom is -0.345 e. The molecule has 126 valence electrons. The van der Waals surface area contributed by atoms with Gasteiger partial charge in [0.15, 0.2) is 11.6 Å². The van der Waals surface area contributed by atoms with Gasteiger partial charge in [-0.1, -0.05) is 13.0 Å². The fraction of sp³-hybridized carbons (Fsp3) is 0.353. The van der Waals surface area contributed by atoms with Crippen LogP contribution in [0.15, 0.2) is 30.6 Å². The normalized spacial score (nSPS) is 15.0. The molecule has 5 nitrogen and oxygen atoms in total. The van der Waals surface area contributed by atoms with Crippen LogP contribution in [-0.2, 0) is 17.8 Å². The standard InChI is InChI=1S/C17H18F2N4O/c1-2-13-8-16(21-11-20-13)22-5-6-23(17(24)10-22)9-12-3-4-14(18)15(19)7-12/h3-4,7-8,11H,2,5-6,9-10H2,1H3. The minimum atomic E-state index is -0.897. The summed E-state index contributed by atoms with van der Waals surface area (Å²) < 4.78 is 26.3. The summed E-state index contributed by atoms with van der Waals surface area (Å²) in [4.78, 5) is 24.3. The average molecular weight is 332 g/mol. The summed E-state index contributed by atoms with van der Waals surface area (Å²) in [6.07, 6.45) is 2.31. The van der Waals surface area contributed by atoms with Crippen molar-refractivity contribution in [3.05, 3.63) is 53.5 Å². The van der Waals surface area contributed by atoms with E-state index in [0.717, 1.165) is 30.1 Å². The maximum atomic E-state index is 13.3. The Kier molecular flexibility index (Phi) is 4.69. The minimum absolute atomic E-state index is 0.0670. The molecule has 7 heteroatoms. The molecule has 1 amide bonds. The summed E-state index contributed by atoms with van der Waals surface area (Å²) in [5.74, 6) is -1.11. The van der Waals surface area contributed by atoms with Gasteiger partial charge in [0, 0.05) is 31.4 Å². The van der Waals surface area contributed by atoms with E-state index >= 15 is 0 Å². The van der Waals surface area contributed by atoms with Gasteiger partial charge in [0.2, 0.25) is 5.91 Å². The van der Waals surface area contributed by atoms with E-state index in [-0.39, 0.29) is 19.0 Å². The van der Waals surface area contributed by atoms with E-state index in [4.69, 9.17) is 0 Å². The number of aryl methyl sites for hydroxylation is 1. The van der Waals surface area contributed by atoms with E-state index in [1.165, 1.54) is 12.4 Å². The van der Waals surface area contributed by atoms with Gasteiger partial charge in [0.05, 0.1) is 6.54 Å². The summed E-state index contributed by atoms with van der Waals surface area (Å²) in [5.41, 5.74) is 1.50. The molecule has 2 aromatic rings. The number of halogens is 2. The molecule has 0 radical (unpaired) electrons. The summed E-state index contributed by atoms with van der Waals surface area (Å²) >= 11 is 0. The Balaban J connectivity index is 1.66. The summed E-state index contributed by atoms with van der Waals surface area (Å²) in [7, 11) is 0. The molecule has 1 saturated heterocycles. The van der Waals surface area contributed by atoms with Crippen LogP contribution in [0.1, 0.15) is 18.2 Å². The molecule has 0 atom stereocenters. The first-order valence-corrected chi connectivity index (χ1v) is 7.84. The van der Waals surface area contributed by atoms with Crippen molar-refractivity contribution in [3.63, 3.8) is 0 Å². The lowest BCUT2D eigenvalue weighted by Gasteiger charge is -2.35. The van der Waals surface area contributed by atoms with Crippen LogP contribution in [0.3, 0.4) is 0 Å². The third kappa shape index (κ3) is 3.50. The van der Waals surface area contributed by atoms with Crippen LogP contribution < -0.4 is 4.90 Å². The third-order valence-corrected chi connectivity index (χ3v) is 4.07. The van der Waals surface area contributed by atoms with Crippen molar-refractivity contribution in [1.82, 2.24) is 14.9 Å². The quantitative estimate of drug-likeness (QED) is 0.861. The average Bonchev–Trinajstić information content (AvgIpc) is 2.60. The Hall–Kier alpha value is -2.57. The Morgan fingerprint density at radius 3 is 2.67 bits per heavy atom. The second-order valence-electron chi connectivity index (χ2n) is 5.71. The van der Waals surface area contributed by atoms with Crippen LogP contribution in [0.2, 0.25) is 0 Å². The number of nitrogens with zero attached hydrogens (tertiary/aromatic N) is 4. The number of carbonyl (C=O) groups excluding carboxylic acids is 1. The zero-order chi connectivity index (χ0) is 17.1. The van der Waals surface area contributed by atoms with E-state index in [0.29, 0.717) is 18.7 Å². The van der Waals surface area contributed by atoms with E-state index in [2.05, 4.69) is 9.97 Å². The number of anilines is 1. The van der Waals surface area contributed by atoms with Gasteiger partial charge in [-0.2, -0.15) is 0 Å². The molecule has 24 heavy (non-hydrogen) atoms. The van der Waals surface area contributed by atoms with Crippen molar-refractivity contribution in [3.8, 4) is 0 Å². The lowest BCUT2D eigenvalue weighted by molar-refractivity contribution is -0.131. The molecule has 1 aliphatic heterocycles. The highest BCUT2D eigenvalue weighted by Crippen LogP contribution is 2.17. The number of amides is 1. The molecule has 0 N–H and O–H groups in total. The number of benzene rings is 1. The molecular weight excluding hydrogens is 314 g/mol. The van der Waals surface area contributed by atoms with Crippen LogP contribution in [0, 0.1) is 11.6 Å². The second kappa shape index (κ2) is 6.90. The number of piperazine rings is 1. The summed E-state index contributed by atoms with van der Waals surface area (Å²) in [6.45, 7) is 3.63. The van der Waals surface area contributed by atoms with Crippen LogP contribution in [0.4, 0.5) is 14.6 Å².